The van der Waals surface area contributed by atoms with Gasteiger partial charge in [-0.05, 0) is 31.2 Å². The molecule has 136 valence electrons. The summed E-state index contributed by atoms with van der Waals surface area (Å²) in [4.78, 5) is 30.9. The molecule has 3 aromatic rings. The van der Waals surface area contributed by atoms with E-state index in [1.165, 1.54) is 0 Å². The smallest absolute Gasteiger partial charge is 0.267 e. The number of pyridine rings is 1. The van der Waals surface area contributed by atoms with Gasteiger partial charge in [-0.1, -0.05) is 30.3 Å². The number of aromatic nitrogens is 1. The number of carbonyl (C=O) groups is 2. The van der Waals surface area contributed by atoms with Gasteiger partial charge in [0.05, 0.1) is 16.9 Å². The monoisotopic (exact) mass is 361 g/mol. The predicted octanol–water partition coefficient (Wildman–Crippen LogP) is 3.38. The van der Waals surface area contributed by atoms with E-state index in [1.54, 1.807) is 18.0 Å². The molecule has 1 atom stereocenters. The summed E-state index contributed by atoms with van der Waals surface area (Å²) in [5, 5.41) is 3.86. The van der Waals surface area contributed by atoms with Gasteiger partial charge < -0.3 is 15.0 Å². The van der Waals surface area contributed by atoms with E-state index < -0.39 is 6.10 Å². The van der Waals surface area contributed by atoms with E-state index in [4.69, 9.17) is 4.74 Å². The van der Waals surface area contributed by atoms with E-state index >= 15 is 0 Å². The van der Waals surface area contributed by atoms with Crippen molar-refractivity contribution in [3.05, 3.63) is 60.8 Å². The molecular formula is C21H19N3O3. The Hall–Kier alpha value is -3.41. The topological polar surface area (TPSA) is 71.5 Å². The second kappa shape index (κ2) is 7.07. The van der Waals surface area contributed by atoms with Gasteiger partial charge in [-0.2, -0.15) is 0 Å². The van der Waals surface area contributed by atoms with Crippen LogP contribution in [0.5, 0.6) is 5.75 Å². The molecule has 0 saturated heterocycles. The fourth-order valence-electron chi connectivity index (χ4n) is 3.22. The van der Waals surface area contributed by atoms with Gasteiger partial charge in [-0.3, -0.25) is 14.6 Å². The molecule has 1 aliphatic heterocycles. The van der Waals surface area contributed by atoms with E-state index in [9.17, 15) is 9.59 Å². The van der Waals surface area contributed by atoms with Crippen molar-refractivity contribution in [1.29, 1.82) is 0 Å². The van der Waals surface area contributed by atoms with Crippen molar-refractivity contribution in [2.75, 3.05) is 16.8 Å². The van der Waals surface area contributed by atoms with Gasteiger partial charge in [0.15, 0.2) is 6.10 Å². The lowest BCUT2D eigenvalue weighted by Crippen LogP contribution is -2.45. The lowest BCUT2D eigenvalue weighted by atomic mass is 10.1. The van der Waals surface area contributed by atoms with E-state index in [2.05, 4.69) is 10.3 Å². The van der Waals surface area contributed by atoms with Crippen LogP contribution in [0.3, 0.4) is 0 Å². The van der Waals surface area contributed by atoms with Crippen molar-refractivity contribution in [3.63, 3.8) is 0 Å². The predicted molar refractivity (Wildman–Crippen MR) is 104 cm³/mol. The Kier molecular flexibility index (Phi) is 4.46. The molecule has 6 nitrogen and oxygen atoms in total. The van der Waals surface area contributed by atoms with Crippen LogP contribution in [0.25, 0.3) is 10.9 Å². The number of nitrogens with one attached hydrogen (secondary N) is 1. The maximum Gasteiger partial charge on any atom is 0.267 e. The van der Waals surface area contributed by atoms with E-state index in [1.807, 2.05) is 54.6 Å². The molecule has 0 bridgehead atoms. The van der Waals surface area contributed by atoms with Crippen LogP contribution >= 0.6 is 0 Å². The molecule has 2 heterocycles. The van der Waals surface area contributed by atoms with Crippen molar-refractivity contribution >= 4 is 34.1 Å². The number of hydrogen-bond acceptors (Lipinski definition) is 4. The summed E-state index contributed by atoms with van der Waals surface area (Å²) in [6.45, 7) is 2.00. The summed E-state index contributed by atoms with van der Waals surface area (Å²) in [6, 6.07) is 16.8. The molecule has 2 aromatic carbocycles. The van der Waals surface area contributed by atoms with Crippen molar-refractivity contribution in [2.24, 2.45) is 0 Å². The van der Waals surface area contributed by atoms with Crippen LogP contribution in [0.15, 0.2) is 60.8 Å². The molecule has 0 aliphatic carbocycles. The third-order valence-electron chi connectivity index (χ3n) is 4.54. The number of para-hydroxylation sites is 3. The first kappa shape index (κ1) is 17.0. The molecule has 0 saturated carbocycles. The van der Waals surface area contributed by atoms with Crippen LogP contribution < -0.4 is 15.0 Å². The van der Waals surface area contributed by atoms with E-state index in [0.717, 1.165) is 10.9 Å². The largest absolute Gasteiger partial charge is 0.479 e. The fraction of sp³-hybridized carbons (Fsp3) is 0.190. The van der Waals surface area contributed by atoms with Crippen molar-refractivity contribution in [3.8, 4) is 5.75 Å². The quantitative estimate of drug-likeness (QED) is 0.773. The van der Waals surface area contributed by atoms with Gasteiger partial charge in [0, 0.05) is 24.5 Å². The van der Waals surface area contributed by atoms with Gasteiger partial charge in [-0.25, -0.2) is 0 Å². The highest BCUT2D eigenvalue weighted by Gasteiger charge is 2.31. The summed E-state index contributed by atoms with van der Waals surface area (Å²) < 4.78 is 5.62. The summed E-state index contributed by atoms with van der Waals surface area (Å²) in [6.07, 6.45) is 1.31. The number of carbonyl (C=O) groups excluding carboxylic acids is 2. The molecule has 1 N–H and O–H groups in total. The summed E-state index contributed by atoms with van der Waals surface area (Å²) in [5.74, 6) is 0.342. The highest BCUT2D eigenvalue weighted by molar-refractivity contribution is 6.02. The Morgan fingerprint density at radius 1 is 1.15 bits per heavy atom. The number of fused-ring (bicyclic) bond motifs is 2. The zero-order valence-electron chi connectivity index (χ0n) is 14.9. The van der Waals surface area contributed by atoms with Crippen LogP contribution in [-0.4, -0.2) is 29.4 Å². The van der Waals surface area contributed by atoms with Gasteiger partial charge in [0.1, 0.15) is 5.75 Å². The number of hydrogen-bond donors (Lipinski definition) is 1. The average molecular weight is 361 g/mol. The highest BCUT2D eigenvalue weighted by Crippen LogP contribution is 2.33. The summed E-state index contributed by atoms with van der Waals surface area (Å²) in [5.41, 5.74) is 2.11. The number of amides is 2. The van der Waals surface area contributed by atoms with Crippen LogP contribution in [0.1, 0.15) is 13.3 Å². The number of nitrogens with zero attached hydrogens (tertiary/aromatic N) is 2. The van der Waals surface area contributed by atoms with Gasteiger partial charge in [0.25, 0.3) is 5.91 Å². The molecular weight excluding hydrogens is 342 g/mol. The highest BCUT2D eigenvalue weighted by atomic mass is 16.5. The zero-order valence-corrected chi connectivity index (χ0v) is 14.9. The summed E-state index contributed by atoms with van der Waals surface area (Å²) in [7, 11) is 0. The Labute approximate surface area is 156 Å². The normalized spacial score (nSPS) is 16.0. The summed E-state index contributed by atoms with van der Waals surface area (Å²) >= 11 is 0. The first-order chi connectivity index (χ1) is 13.1. The van der Waals surface area contributed by atoms with Crippen molar-refractivity contribution in [1.82, 2.24) is 4.98 Å². The number of benzene rings is 2. The zero-order chi connectivity index (χ0) is 18.8. The average Bonchev–Trinajstić information content (AvgIpc) is 2.69. The molecule has 27 heavy (non-hydrogen) atoms. The van der Waals surface area contributed by atoms with E-state index in [-0.39, 0.29) is 24.8 Å². The molecule has 0 radical (unpaired) electrons. The molecule has 0 spiro atoms. The van der Waals surface area contributed by atoms with Gasteiger partial charge >= 0.3 is 0 Å². The second-order valence-corrected chi connectivity index (χ2v) is 6.40. The minimum absolute atomic E-state index is 0.145. The molecule has 1 aromatic heterocycles. The van der Waals surface area contributed by atoms with Crippen LogP contribution in [0.4, 0.5) is 11.4 Å². The maximum atomic E-state index is 12.5. The SMILES string of the molecule is CC1Oc2ccccc2N(CCC(=O)Nc2cccc3cccnc23)C1=O. The number of ether oxygens (including phenoxy) is 1. The Balaban J connectivity index is 1.48. The maximum absolute atomic E-state index is 12.5. The molecule has 4 rings (SSSR count). The second-order valence-electron chi connectivity index (χ2n) is 6.40. The minimum Gasteiger partial charge on any atom is -0.479 e. The lowest BCUT2D eigenvalue weighted by Gasteiger charge is -2.32. The van der Waals surface area contributed by atoms with Crippen LogP contribution in [0, 0.1) is 0 Å². The molecule has 1 unspecified atom stereocenters. The first-order valence-electron chi connectivity index (χ1n) is 8.84. The van der Waals surface area contributed by atoms with Gasteiger partial charge in [0.2, 0.25) is 5.91 Å². The Morgan fingerprint density at radius 3 is 2.85 bits per heavy atom. The number of anilines is 2. The first-order valence-corrected chi connectivity index (χ1v) is 8.84. The number of rotatable bonds is 4. The molecule has 0 fully saturated rings. The standard InChI is InChI=1S/C21H19N3O3/c1-14-21(26)24(17-9-2-3-10-18(17)27-14)13-11-19(25)23-16-8-4-6-15-7-5-12-22-20(15)16/h2-10,12,14H,11,13H2,1H3,(H,23,25). The molecule has 2 amide bonds. The van der Waals surface area contributed by atoms with Crippen molar-refractivity contribution < 1.29 is 14.3 Å². The Morgan fingerprint density at radius 2 is 1.96 bits per heavy atom. The van der Waals surface area contributed by atoms with Crippen molar-refractivity contribution in [2.45, 2.75) is 19.4 Å². The third kappa shape index (κ3) is 3.33. The van der Waals surface area contributed by atoms with E-state index in [0.29, 0.717) is 17.1 Å². The molecule has 1 aliphatic rings. The minimum atomic E-state index is -0.565. The van der Waals surface area contributed by atoms with Crippen LogP contribution in [0.2, 0.25) is 0 Å². The fourth-order valence-corrected chi connectivity index (χ4v) is 3.22. The Bertz CT molecular complexity index is 1010. The van der Waals surface area contributed by atoms with Crippen LogP contribution in [-0.2, 0) is 9.59 Å². The van der Waals surface area contributed by atoms with Gasteiger partial charge in [-0.15, -0.1) is 0 Å². The third-order valence-corrected chi connectivity index (χ3v) is 4.54. The molecule has 6 heteroatoms. The lowest BCUT2D eigenvalue weighted by molar-refractivity contribution is -0.125.